The van der Waals surface area contributed by atoms with Crippen LogP contribution in [0, 0.1) is 0 Å². The number of thioether (sulfide) groups is 1. The number of urea groups is 1. The highest BCUT2D eigenvalue weighted by Crippen LogP contribution is 2.24. The quantitative estimate of drug-likeness (QED) is 0.810. The Morgan fingerprint density at radius 3 is 2.42 bits per heavy atom. The Labute approximate surface area is 145 Å². The first-order valence-corrected chi connectivity index (χ1v) is 8.52. The summed E-state index contributed by atoms with van der Waals surface area (Å²) in [7, 11) is 1.46. The van der Waals surface area contributed by atoms with Crippen molar-refractivity contribution in [2.75, 3.05) is 7.05 Å². The second-order valence-corrected chi connectivity index (χ2v) is 6.79. The summed E-state index contributed by atoms with van der Waals surface area (Å²) < 4.78 is 1.79. The highest BCUT2D eigenvalue weighted by atomic mass is 32.2. The van der Waals surface area contributed by atoms with Crippen molar-refractivity contribution < 1.29 is 9.59 Å². The SMILES string of the molecule is CNC(=O)NC(=O)C(C)Sc1nc(C(C)C)n(-c2ccccc2)n1. The molecule has 8 heteroatoms. The van der Waals surface area contributed by atoms with E-state index >= 15 is 0 Å². The van der Waals surface area contributed by atoms with E-state index in [0.717, 1.165) is 11.5 Å². The van der Waals surface area contributed by atoms with E-state index in [2.05, 4.69) is 20.7 Å². The molecule has 1 unspecified atom stereocenters. The van der Waals surface area contributed by atoms with E-state index < -0.39 is 11.3 Å². The molecular weight excluding hydrogens is 326 g/mol. The molecular formula is C16H21N5O2S. The fraction of sp³-hybridized carbons (Fsp3) is 0.375. The Morgan fingerprint density at radius 2 is 1.83 bits per heavy atom. The fourth-order valence-corrected chi connectivity index (χ4v) is 2.73. The lowest BCUT2D eigenvalue weighted by Gasteiger charge is -2.08. The van der Waals surface area contributed by atoms with Crippen LogP contribution < -0.4 is 10.6 Å². The summed E-state index contributed by atoms with van der Waals surface area (Å²) in [5.41, 5.74) is 0.919. The van der Waals surface area contributed by atoms with Crippen molar-refractivity contribution in [3.8, 4) is 5.69 Å². The van der Waals surface area contributed by atoms with Gasteiger partial charge in [-0.05, 0) is 19.1 Å². The molecule has 2 N–H and O–H groups in total. The Kier molecular flexibility index (Phi) is 5.97. The summed E-state index contributed by atoms with van der Waals surface area (Å²) >= 11 is 1.22. The van der Waals surface area contributed by atoms with Crippen LogP contribution in [0.15, 0.2) is 35.5 Å². The second-order valence-electron chi connectivity index (χ2n) is 5.48. The molecule has 2 aromatic rings. The maximum absolute atomic E-state index is 12.0. The average Bonchev–Trinajstić information content (AvgIpc) is 2.99. The smallest absolute Gasteiger partial charge is 0.321 e. The Balaban J connectivity index is 2.20. The lowest BCUT2D eigenvalue weighted by Crippen LogP contribution is -2.41. The van der Waals surface area contributed by atoms with Crippen molar-refractivity contribution in [3.63, 3.8) is 0 Å². The minimum atomic E-state index is -0.530. The van der Waals surface area contributed by atoms with Crippen molar-refractivity contribution in [2.24, 2.45) is 0 Å². The molecule has 0 spiro atoms. The molecule has 0 aliphatic rings. The maximum atomic E-state index is 12.0. The topological polar surface area (TPSA) is 88.9 Å². The van der Waals surface area contributed by atoms with Gasteiger partial charge in [-0.25, -0.2) is 14.5 Å². The van der Waals surface area contributed by atoms with Crippen LogP contribution in [-0.2, 0) is 4.79 Å². The summed E-state index contributed by atoms with van der Waals surface area (Å²) in [5, 5.41) is 9.12. The molecule has 1 atom stereocenters. The zero-order valence-electron chi connectivity index (χ0n) is 14.1. The molecule has 0 radical (unpaired) electrons. The van der Waals surface area contributed by atoms with Gasteiger partial charge in [0.05, 0.1) is 10.9 Å². The van der Waals surface area contributed by atoms with Crippen LogP contribution in [0.2, 0.25) is 0 Å². The van der Waals surface area contributed by atoms with E-state index in [1.165, 1.54) is 18.8 Å². The number of hydrogen-bond donors (Lipinski definition) is 2. The van der Waals surface area contributed by atoms with Gasteiger partial charge in [-0.1, -0.05) is 43.8 Å². The second kappa shape index (κ2) is 7.96. The highest BCUT2D eigenvalue weighted by Gasteiger charge is 2.21. The Bertz CT molecular complexity index is 715. The predicted molar refractivity (Wildman–Crippen MR) is 93.4 cm³/mol. The zero-order chi connectivity index (χ0) is 17.7. The minimum Gasteiger partial charge on any atom is -0.341 e. The van der Waals surface area contributed by atoms with Crippen molar-refractivity contribution in [2.45, 2.75) is 37.1 Å². The van der Waals surface area contributed by atoms with Gasteiger partial charge in [-0.3, -0.25) is 10.1 Å². The van der Waals surface area contributed by atoms with Crippen LogP contribution in [0.5, 0.6) is 0 Å². The Hall–Kier alpha value is -2.35. The number of carbonyl (C=O) groups excluding carboxylic acids is 2. The third-order valence-corrected chi connectivity index (χ3v) is 4.20. The molecule has 1 heterocycles. The van der Waals surface area contributed by atoms with Gasteiger partial charge < -0.3 is 5.32 Å². The highest BCUT2D eigenvalue weighted by molar-refractivity contribution is 8.00. The van der Waals surface area contributed by atoms with Crippen molar-refractivity contribution in [1.82, 2.24) is 25.4 Å². The molecule has 24 heavy (non-hydrogen) atoms. The van der Waals surface area contributed by atoms with Gasteiger partial charge in [-0.2, -0.15) is 0 Å². The van der Waals surface area contributed by atoms with Crippen molar-refractivity contribution >= 4 is 23.7 Å². The lowest BCUT2D eigenvalue weighted by atomic mass is 10.2. The molecule has 7 nitrogen and oxygen atoms in total. The van der Waals surface area contributed by atoms with Gasteiger partial charge in [-0.15, -0.1) is 5.10 Å². The number of carbonyl (C=O) groups is 2. The van der Waals surface area contributed by atoms with Crippen molar-refractivity contribution in [3.05, 3.63) is 36.2 Å². The third kappa shape index (κ3) is 4.35. The molecule has 2 rings (SSSR count). The number of para-hydroxylation sites is 1. The summed E-state index contributed by atoms with van der Waals surface area (Å²) in [6, 6.07) is 9.20. The van der Waals surface area contributed by atoms with Crippen LogP contribution >= 0.6 is 11.8 Å². The van der Waals surface area contributed by atoms with Crippen molar-refractivity contribution in [1.29, 1.82) is 0 Å². The number of hydrogen-bond acceptors (Lipinski definition) is 5. The number of nitrogens with zero attached hydrogens (tertiary/aromatic N) is 3. The summed E-state index contributed by atoms with van der Waals surface area (Å²) in [5.74, 6) is 0.617. The van der Waals surface area contributed by atoms with E-state index in [1.807, 2.05) is 44.2 Å². The van der Waals surface area contributed by atoms with Crippen LogP contribution in [-0.4, -0.2) is 39.0 Å². The van der Waals surface area contributed by atoms with Gasteiger partial charge in [0.15, 0.2) is 0 Å². The van der Waals surface area contributed by atoms with Gasteiger partial charge in [0, 0.05) is 13.0 Å². The first-order chi connectivity index (χ1) is 11.4. The normalized spacial score (nSPS) is 12.0. The minimum absolute atomic E-state index is 0.182. The van der Waals surface area contributed by atoms with E-state index in [-0.39, 0.29) is 11.8 Å². The van der Waals surface area contributed by atoms with E-state index in [0.29, 0.717) is 5.16 Å². The Morgan fingerprint density at radius 1 is 1.17 bits per heavy atom. The third-order valence-electron chi connectivity index (χ3n) is 3.25. The van der Waals surface area contributed by atoms with E-state index in [4.69, 9.17) is 0 Å². The van der Waals surface area contributed by atoms with Crippen LogP contribution in [0.25, 0.3) is 5.69 Å². The van der Waals surface area contributed by atoms with Gasteiger partial charge >= 0.3 is 6.03 Å². The van der Waals surface area contributed by atoms with E-state index in [9.17, 15) is 9.59 Å². The van der Waals surface area contributed by atoms with Crippen LogP contribution in [0.1, 0.15) is 32.5 Å². The lowest BCUT2D eigenvalue weighted by molar-refractivity contribution is -0.119. The molecule has 128 valence electrons. The number of nitrogens with one attached hydrogen (secondary N) is 2. The van der Waals surface area contributed by atoms with E-state index in [1.54, 1.807) is 11.6 Å². The number of benzene rings is 1. The largest absolute Gasteiger partial charge is 0.341 e. The first kappa shape index (κ1) is 18.0. The summed E-state index contributed by atoms with van der Waals surface area (Å²) in [4.78, 5) is 27.7. The monoisotopic (exact) mass is 347 g/mol. The standard InChI is InChI=1S/C16H21N5O2S/c1-10(2)13-18-16(20-21(13)12-8-6-5-7-9-12)24-11(3)14(22)19-15(23)17-4/h5-11H,1-4H3,(H2,17,19,22,23). The maximum Gasteiger partial charge on any atom is 0.321 e. The number of amides is 3. The zero-order valence-corrected chi connectivity index (χ0v) is 14.9. The summed E-state index contributed by atoms with van der Waals surface area (Å²) in [6.07, 6.45) is 0. The average molecular weight is 347 g/mol. The molecule has 0 aliphatic carbocycles. The van der Waals surface area contributed by atoms with Crippen LogP contribution in [0.3, 0.4) is 0 Å². The number of rotatable bonds is 5. The van der Waals surface area contributed by atoms with Crippen LogP contribution in [0.4, 0.5) is 4.79 Å². The molecule has 0 fully saturated rings. The fourth-order valence-electron chi connectivity index (χ4n) is 1.97. The van der Waals surface area contributed by atoms with Gasteiger partial charge in [0.1, 0.15) is 5.82 Å². The van der Waals surface area contributed by atoms with Gasteiger partial charge in [0.2, 0.25) is 11.1 Å². The molecule has 0 saturated carbocycles. The van der Waals surface area contributed by atoms with Gasteiger partial charge in [0.25, 0.3) is 0 Å². The number of aromatic nitrogens is 3. The summed E-state index contributed by atoms with van der Waals surface area (Å²) in [6.45, 7) is 5.79. The molecule has 0 aliphatic heterocycles. The number of imide groups is 1. The molecule has 0 bridgehead atoms. The molecule has 3 amide bonds. The molecule has 1 aromatic heterocycles. The first-order valence-electron chi connectivity index (χ1n) is 7.64. The predicted octanol–water partition coefficient (Wildman–Crippen LogP) is 2.33. The molecule has 0 saturated heterocycles. The molecule has 1 aromatic carbocycles.